The molecule has 4 nitrogen and oxygen atoms in total. The van der Waals surface area contributed by atoms with Crippen molar-refractivity contribution in [2.75, 3.05) is 6.54 Å². The van der Waals surface area contributed by atoms with Gasteiger partial charge in [0.25, 0.3) is 0 Å². The molecule has 1 aliphatic carbocycles. The molecule has 4 heteroatoms. The molecule has 0 radical (unpaired) electrons. The highest BCUT2D eigenvalue weighted by Crippen LogP contribution is 2.27. The van der Waals surface area contributed by atoms with Crippen LogP contribution in [0.2, 0.25) is 0 Å². The maximum Gasteiger partial charge on any atom is 0.220 e. The van der Waals surface area contributed by atoms with Gasteiger partial charge in [0.1, 0.15) is 5.75 Å². The standard InChI is InChI=1S/C16H23NO3/c18-14-8-5-12(6-9-14)7-10-16(20)17-11-15(19)13-3-1-2-4-13/h5-6,8-9,13,15,18-19H,1-4,7,10-11H2,(H,17,20)/t15-/m0/s1. The van der Waals surface area contributed by atoms with Crippen molar-refractivity contribution in [1.82, 2.24) is 5.32 Å². The third-order valence-electron chi connectivity index (χ3n) is 4.03. The van der Waals surface area contributed by atoms with E-state index in [-0.39, 0.29) is 11.7 Å². The zero-order valence-corrected chi connectivity index (χ0v) is 11.7. The molecule has 0 bridgehead atoms. The SMILES string of the molecule is O=C(CCc1ccc(O)cc1)NC[C@H](O)C1CCCC1. The van der Waals surface area contributed by atoms with E-state index >= 15 is 0 Å². The van der Waals surface area contributed by atoms with Crippen LogP contribution < -0.4 is 5.32 Å². The van der Waals surface area contributed by atoms with Gasteiger partial charge in [-0.2, -0.15) is 0 Å². The lowest BCUT2D eigenvalue weighted by Crippen LogP contribution is -2.35. The summed E-state index contributed by atoms with van der Waals surface area (Å²) in [5.74, 6) is 0.556. The second kappa shape index (κ2) is 7.29. The first kappa shape index (κ1) is 14.9. The minimum absolute atomic E-state index is 0.0323. The van der Waals surface area contributed by atoms with Crippen molar-refractivity contribution >= 4 is 5.91 Å². The Labute approximate surface area is 119 Å². The van der Waals surface area contributed by atoms with Gasteiger partial charge in [-0.05, 0) is 42.9 Å². The van der Waals surface area contributed by atoms with Crippen LogP contribution in [0.3, 0.4) is 0 Å². The molecular weight excluding hydrogens is 254 g/mol. The Morgan fingerprint density at radius 2 is 1.90 bits per heavy atom. The van der Waals surface area contributed by atoms with Gasteiger partial charge in [-0.1, -0.05) is 25.0 Å². The first-order valence-electron chi connectivity index (χ1n) is 7.38. The van der Waals surface area contributed by atoms with E-state index in [4.69, 9.17) is 0 Å². The van der Waals surface area contributed by atoms with Crippen molar-refractivity contribution in [3.63, 3.8) is 0 Å². The maximum atomic E-state index is 11.7. The predicted molar refractivity (Wildman–Crippen MR) is 77.4 cm³/mol. The lowest BCUT2D eigenvalue weighted by molar-refractivity contribution is -0.121. The van der Waals surface area contributed by atoms with Gasteiger partial charge in [-0.15, -0.1) is 0 Å². The fraction of sp³-hybridized carbons (Fsp3) is 0.562. The average Bonchev–Trinajstić information content (AvgIpc) is 2.98. The quantitative estimate of drug-likeness (QED) is 0.745. The van der Waals surface area contributed by atoms with E-state index in [9.17, 15) is 15.0 Å². The van der Waals surface area contributed by atoms with Crippen LogP contribution in [0, 0.1) is 5.92 Å². The van der Waals surface area contributed by atoms with Crippen LogP contribution in [0.25, 0.3) is 0 Å². The number of amides is 1. The van der Waals surface area contributed by atoms with Crippen LogP contribution in [0.1, 0.15) is 37.7 Å². The number of benzene rings is 1. The second-order valence-electron chi connectivity index (χ2n) is 5.58. The molecule has 0 heterocycles. The van der Waals surface area contributed by atoms with Crippen molar-refractivity contribution in [1.29, 1.82) is 0 Å². The topological polar surface area (TPSA) is 69.6 Å². The smallest absolute Gasteiger partial charge is 0.220 e. The van der Waals surface area contributed by atoms with E-state index < -0.39 is 6.10 Å². The molecule has 1 amide bonds. The number of phenolic OH excluding ortho intramolecular Hbond substituents is 1. The van der Waals surface area contributed by atoms with Gasteiger partial charge < -0.3 is 15.5 Å². The Morgan fingerprint density at radius 3 is 2.55 bits per heavy atom. The van der Waals surface area contributed by atoms with Gasteiger partial charge in [-0.3, -0.25) is 4.79 Å². The molecule has 20 heavy (non-hydrogen) atoms. The third kappa shape index (κ3) is 4.53. The molecule has 1 aromatic rings. The fourth-order valence-corrected chi connectivity index (χ4v) is 2.74. The molecule has 0 unspecified atom stereocenters. The third-order valence-corrected chi connectivity index (χ3v) is 4.03. The Hall–Kier alpha value is -1.55. The van der Waals surface area contributed by atoms with Gasteiger partial charge in [0.2, 0.25) is 5.91 Å². The first-order valence-corrected chi connectivity index (χ1v) is 7.38. The highest BCUT2D eigenvalue weighted by Gasteiger charge is 2.23. The summed E-state index contributed by atoms with van der Waals surface area (Å²) in [5.41, 5.74) is 1.02. The van der Waals surface area contributed by atoms with E-state index in [2.05, 4.69) is 5.32 Å². The molecule has 3 N–H and O–H groups in total. The summed E-state index contributed by atoms with van der Waals surface area (Å²) >= 11 is 0. The first-order chi connectivity index (χ1) is 9.65. The van der Waals surface area contributed by atoms with Crippen LogP contribution >= 0.6 is 0 Å². The molecule has 1 aromatic carbocycles. The molecule has 2 rings (SSSR count). The number of hydrogen-bond acceptors (Lipinski definition) is 3. The molecule has 1 fully saturated rings. The summed E-state index contributed by atoms with van der Waals surface area (Å²) in [4.78, 5) is 11.7. The number of rotatable bonds is 6. The van der Waals surface area contributed by atoms with Gasteiger partial charge in [0, 0.05) is 13.0 Å². The molecule has 1 aliphatic rings. The van der Waals surface area contributed by atoms with E-state index in [1.54, 1.807) is 12.1 Å². The van der Waals surface area contributed by atoms with E-state index in [0.717, 1.165) is 18.4 Å². The van der Waals surface area contributed by atoms with Crippen molar-refractivity contribution in [2.24, 2.45) is 5.92 Å². The molecule has 1 saturated carbocycles. The van der Waals surface area contributed by atoms with Crippen LogP contribution in [0.5, 0.6) is 5.75 Å². The number of carbonyl (C=O) groups is 1. The van der Waals surface area contributed by atoms with Gasteiger partial charge in [0.15, 0.2) is 0 Å². The summed E-state index contributed by atoms with van der Waals surface area (Å²) in [6, 6.07) is 6.88. The molecule has 0 aromatic heterocycles. The summed E-state index contributed by atoms with van der Waals surface area (Å²) in [7, 11) is 0. The number of carbonyl (C=O) groups excluding carboxylic acids is 1. The lowest BCUT2D eigenvalue weighted by atomic mass is 10.0. The molecular formula is C16H23NO3. The zero-order chi connectivity index (χ0) is 14.4. The van der Waals surface area contributed by atoms with E-state index in [1.165, 1.54) is 12.8 Å². The van der Waals surface area contributed by atoms with Gasteiger partial charge >= 0.3 is 0 Å². The Morgan fingerprint density at radius 1 is 1.25 bits per heavy atom. The Bertz CT molecular complexity index is 424. The van der Waals surface area contributed by atoms with Crippen LogP contribution in [0.4, 0.5) is 0 Å². The van der Waals surface area contributed by atoms with Crippen LogP contribution in [-0.2, 0) is 11.2 Å². The summed E-state index contributed by atoms with van der Waals surface area (Å²) in [6.07, 6.45) is 5.17. The van der Waals surface area contributed by atoms with Crippen molar-refractivity contribution in [3.05, 3.63) is 29.8 Å². The molecule has 110 valence electrons. The highest BCUT2D eigenvalue weighted by molar-refractivity contribution is 5.76. The van der Waals surface area contributed by atoms with E-state index in [1.807, 2.05) is 12.1 Å². The van der Waals surface area contributed by atoms with Crippen LogP contribution in [0.15, 0.2) is 24.3 Å². The minimum Gasteiger partial charge on any atom is -0.508 e. The zero-order valence-electron chi connectivity index (χ0n) is 11.7. The lowest BCUT2D eigenvalue weighted by Gasteiger charge is -2.18. The summed E-state index contributed by atoms with van der Waals surface area (Å²) in [5, 5.41) is 21.9. The monoisotopic (exact) mass is 277 g/mol. The molecule has 0 saturated heterocycles. The maximum absolute atomic E-state index is 11.7. The summed E-state index contributed by atoms with van der Waals surface area (Å²) < 4.78 is 0. The number of aliphatic hydroxyl groups excluding tert-OH is 1. The minimum atomic E-state index is -0.407. The largest absolute Gasteiger partial charge is 0.508 e. The van der Waals surface area contributed by atoms with Crippen LogP contribution in [-0.4, -0.2) is 28.8 Å². The van der Waals surface area contributed by atoms with Crippen molar-refractivity contribution < 1.29 is 15.0 Å². The predicted octanol–water partition coefficient (Wildman–Crippen LogP) is 1.99. The second-order valence-corrected chi connectivity index (χ2v) is 5.58. The number of aliphatic hydroxyl groups is 1. The average molecular weight is 277 g/mol. The Balaban J connectivity index is 1.66. The Kier molecular flexibility index (Phi) is 5.41. The number of aromatic hydroxyl groups is 1. The van der Waals surface area contributed by atoms with Crippen molar-refractivity contribution in [3.8, 4) is 5.75 Å². The molecule has 0 spiro atoms. The van der Waals surface area contributed by atoms with Crippen molar-refractivity contribution in [2.45, 2.75) is 44.6 Å². The number of phenols is 1. The summed E-state index contributed by atoms with van der Waals surface area (Å²) in [6.45, 7) is 0.360. The highest BCUT2D eigenvalue weighted by atomic mass is 16.3. The van der Waals surface area contributed by atoms with E-state index in [0.29, 0.717) is 25.3 Å². The number of hydrogen-bond donors (Lipinski definition) is 3. The van der Waals surface area contributed by atoms with Gasteiger partial charge in [0.05, 0.1) is 6.10 Å². The molecule has 0 aliphatic heterocycles. The van der Waals surface area contributed by atoms with Gasteiger partial charge in [-0.25, -0.2) is 0 Å². The fourth-order valence-electron chi connectivity index (χ4n) is 2.74. The number of nitrogens with one attached hydrogen (secondary N) is 1. The number of aryl methyl sites for hydroxylation is 1. The normalized spacial score (nSPS) is 17.1. The molecule has 1 atom stereocenters.